The van der Waals surface area contributed by atoms with Crippen molar-refractivity contribution < 1.29 is 24.2 Å². The number of piperidine rings is 1. The Hall–Kier alpha value is -3.39. The number of carboxylic acid groups (broad SMARTS) is 1. The van der Waals surface area contributed by atoms with E-state index in [-0.39, 0.29) is 25.0 Å². The standard InChI is InChI=1S/C27H33N3O5/c1-17-9-8-14-30(24(17)26(32)33)25(31)23(15-29(2)3)28-27(34)35-16-22-20-12-6-4-10-18(20)19-11-5-7-13-21(19)22/h4-7,10-13,17,22-24H,8-9,14-16H2,1-3H3,(H,28,34)(H,32,33). The van der Waals surface area contributed by atoms with Gasteiger partial charge in [0, 0.05) is 19.0 Å². The lowest BCUT2D eigenvalue weighted by Crippen LogP contribution is -2.59. The zero-order valence-corrected chi connectivity index (χ0v) is 20.4. The van der Waals surface area contributed by atoms with Gasteiger partial charge < -0.3 is 25.0 Å². The molecule has 0 bridgehead atoms. The normalized spacial score (nSPS) is 20.2. The van der Waals surface area contributed by atoms with E-state index >= 15 is 0 Å². The van der Waals surface area contributed by atoms with Gasteiger partial charge in [-0.15, -0.1) is 0 Å². The van der Waals surface area contributed by atoms with Crippen LogP contribution in [0.5, 0.6) is 0 Å². The molecule has 3 unspecified atom stereocenters. The van der Waals surface area contributed by atoms with E-state index in [0.29, 0.717) is 6.54 Å². The van der Waals surface area contributed by atoms with Crippen LogP contribution in [0.3, 0.4) is 0 Å². The summed E-state index contributed by atoms with van der Waals surface area (Å²) in [5.41, 5.74) is 4.48. The molecule has 1 aliphatic heterocycles. The maximum Gasteiger partial charge on any atom is 0.407 e. The molecule has 0 spiro atoms. The smallest absolute Gasteiger partial charge is 0.407 e. The van der Waals surface area contributed by atoms with Gasteiger partial charge in [0.1, 0.15) is 18.7 Å². The molecule has 1 heterocycles. The Bertz CT molecular complexity index is 1060. The third kappa shape index (κ3) is 5.17. The zero-order chi connectivity index (χ0) is 25.1. The van der Waals surface area contributed by atoms with Crippen molar-refractivity contribution in [3.05, 3.63) is 59.7 Å². The summed E-state index contributed by atoms with van der Waals surface area (Å²) in [6.45, 7) is 2.58. The van der Waals surface area contributed by atoms with Gasteiger partial charge in [-0.2, -0.15) is 0 Å². The van der Waals surface area contributed by atoms with Gasteiger partial charge in [0.25, 0.3) is 0 Å². The second-order valence-corrected chi connectivity index (χ2v) is 9.72. The molecule has 0 radical (unpaired) electrons. The quantitative estimate of drug-likeness (QED) is 0.633. The minimum absolute atomic E-state index is 0.0875. The second kappa shape index (κ2) is 10.5. The van der Waals surface area contributed by atoms with Crippen LogP contribution in [-0.4, -0.2) is 78.8 Å². The Balaban J connectivity index is 1.46. The number of aliphatic carboxylic acids is 1. The molecule has 0 aromatic heterocycles. The summed E-state index contributed by atoms with van der Waals surface area (Å²) in [6.07, 6.45) is 0.791. The SMILES string of the molecule is CC1CCCN(C(=O)C(CN(C)C)NC(=O)OCC2c3ccccc3-c3ccccc32)C1C(=O)O. The molecule has 2 aromatic carbocycles. The Morgan fingerprint density at radius 2 is 1.69 bits per heavy atom. The number of amides is 2. The van der Waals surface area contributed by atoms with Crippen LogP contribution in [0.15, 0.2) is 48.5 Å². The predicted molar refractivity (Wildman–Crippen MR) is 132 cm³/mol. The first kappa shape index (κ1) is 24.7. The van der Waals surface area contributed by atoms with Crippen molar-refractivity contribution in [1.82, 2.24) is 15.1 Å². The van der Waals surface area contributed by atoms with Crippen LogP contribution in [0, 0.1) is 5.92 Å². The zero-order valence-electron chi connectivity index (χ0n) is 20.4. The van der Waals surface area contributed by atoms with Crippen molar-refractivity contribution in [3.8, 4) is 11.1 Å². The van der Waals surface area contributed by atoms with E-state index in [0.717, 1.165) is 35.1 Å². The largest absolute Gasteiger partial charge is 0.480 e. The summed E-state index contributed by atoms with van der Waals surface area (Å²) in [4.78, 5) is 41.3. The maximum atomic E-state index is 13.4. The highest BCUT2D eigenvalue weighted by atomic mass is 16.5. The average Bonchev–Trinajstić information content (AvgIpc) is 3.15. The summed E-state index contributed by atoms with van der Waals surface area (Å²) in [7, 11) is 3.60. The Morgan fingerprint density at radius 3 is 2.26 bits per heavy atom. The van der Waals surface area contributed by atoms with Crippen LogP contribution < -0.4 is 5.32 Å². The molecular weight excluding hydrogens is 446 g/mol. The Morgan fingerprint density at radius 1 is 1.09 bits per heavy atom. The van der Waals surface area contributed by atoms with E-state index in [1.54, 1.807) is 19.0 Å². The number of carbonyl (C=O) groups excluding carboxylic acids is 2. The first-order valence-electron chi connectivity index (χ1n) is 12.1. The minimum Gasteiger partial charge on any atom is -0.480 e. The average molecular weight is 480 g/mol. The Labute approximate surface area is 205 Å². The molecule has 186 valence electrons. The number of carbonyl (C=O) groups is 3. The molecule has 8 heteroatoms. The van der Waals surface area contributed by atoms with E-state index in [1.165, 1.54) is 4.90 Å². The van der Waals surface area contributed by atoms with Crippen molar-refractivity contribution in [2.75, 3.05) is 33.8 Å². The summed E-state index contributed by atoms with van der Waals surface area (Å²) < 4.78 is 5.63. The van der Waals surface area contributed by atoms with Crippen LogP contribution >= 0.6 is 0 Å². The van der Waals surface area contributed by atoms with Crippen molar-refractivity contribution in [1.29, 1.82) is 0 Å². The summed E-state index contributed by atoms with van der Waals surface area (Å²) >= 11 is 0. The second-order valence-electron chi connectivity index (χ2n) is 9.72. The first-order valence-corrected chi connectivity index (χ1v) is 12.1. The van der Waals surface area contributed by atoms with Crippen molar-refractivity contribution >= 4 is 18.0 Å². The Kier molecular flexibility index (Phi) is 7.40. The van der Waals surface area contributed by atoms with Crippen LogP contribution in [0.1, 0.15) is 36.8 Å². The number of hydrogen-bond acceptors (Lipinski definition) is 5. The summed E-state index contributed by atoms with van der Waals surface area (Å²) in [5.74, 6) is -1.66. The number of carboxylic acids is 1. The van der Waals surface area contributed by atoms with Gasteiger partial charge in [0.05, 0.1) is 0 Å². The fraction of sp³-hybridized carbons (Fsp3) is 0.444. The highest BCUT2D eigenvalue weighted by molar-refractivity contribution is 5.90. The van der Waals surface area contributed by atoms with E-state index in [9.17, 15) is 19.5 Å². The third-order valence-electron chi connectivity index (χ3n) is 6.95. The fourth-order valence-electron chi connectivity index (χ4n) is 5.34. The molecule has 1 aliphatic carbocycles. The fourth-order valence-corrected chi connectivity index (χ4v) is 5.34. The molecule has 2 amide bonds. The number of nitrogens with zero attached hydrogens (tertiary/aromatic N) is 2. The topological polar surface area (TPSA) is 99.2 Å². The van der Waals surface area contributed by atoms with Crippen LogP contribution in [0.4, 0.5) is 4.79 Å². The molecule has 2 N–H and O–H groups in total. The van der Waals surface area contributed by atoms with Gasteiger partial charge in [-0.3, -0.25) is 4.79 Å². The van der Waals surface area contributed by atoms with Crippen LogP contribution in [0.2, 0.25) is 0 Å². The predicted octanol–water partition coefficient (Wildman–Crippen LogP) is 3.17. The highest BCUT2D eigenvalue weighted by Crippen LogP contribution is 2.44. The number of likely N-dealkylation sites (N-methyl/N-ethyl adjacent to an activating group) is 1. The lowest BCUT2D eigenvalue weighted by Gasteiger charge is -2.39. The van der Waals surface area contributed by atoms with Gasteiger partial charge in [-0.25, -0.2) is 9.59 Å². The number of benzene rings is 2. The molecular formula is C27H33N3O5. The van der Waals surface area contributed by atoms with Crippen molar-refractivity contribution in [2.24, 2.45) is 5.92 Å². The molecule has 1 fully saturated rings. The third-order valence-corrected chi connectivity index (χ3v) is 6.95. The lowest BCUT2D eigenvalue weighted by atomic mass is 9.90. The van der Waals surface area contributed by atoms with E-state index < -0.39 is 30.1 Å². The van der Waals surface area contributed by atoms with E-state index in [2.05, 4.69) is 17.4 Å². The van der Waals surface area contributed by atoms with E-state index in [1.807, 2.05) is 43.3 Å². The van der Waals surface area contributed by atoms with Gasteiger partial charge in [0.15, 0.2) is 0 Å². The van der Waals surface area contributed by atoms with Crippen molar-refractivity contribution in [2.45, 2.75) is 37.8 Å². The van der Waals surface area contributed by atoms with Gasteiger partial charge >= 0.3 is 12.1 Å². The number of ether oxygens (including phenoxy) is 1. The number of alkyl carbamates (subject to hydrolysis) is 1. The summed E-state index contributed by atoms with van der Waals surface area (Å²) in [6, 6.07) is 14.4. The molecule has 0 saturated carbocycles. The molecule has 3 atom stereocenters. The lowest BCUT2D eigenvalue weighted by molar-refractivity contribution is -0.155. The maximum absolute atomic E-state index is 13.4. The van der Waals surface area contributed by atoms with E-state index in [4.69, 9.17) is 4.74 Å². The first-order chi connectivity index (χ1) is 16.8. The van der Waals surface area contributed by atoms with Gasteiger partial charge in [-0.05, 0) is 55.1 Å². The number of hydrogen-bond donors (Lipinski definition) is 2. The monoisotopic (exact) mass is 479 g/mol. The van der Waals surface area contributed by atoms with Gasteiger partial charge in [-0.1, -0.05) is 55.5 Å². The minimum atomic E-state index is -1.02. The number of rotatable bonds is 7. The molecule has 8 nitrogen and oxygen atoms in total. The number of likely N-dealkylation sites (tertiary alicyclic amines) is 1. The molecule has 1 saturated heterocycles. The van der Waals surface area contributed by atoms with Crippen LogP contribution in [0.25, 0.3) is 11.1 Å². The molecule has 4 rings (SSSR count). The van der Waals surface area contributed by atoms with Crippen molar-refractivity contribution in [3.63, 3.8) is 0 Å². The number of nitrogens with one attached hydrogen (secondary N) is 1. The van der Waals surface area contributed by atoms with Gasteiger partial charge in [0.2, 0.25) is 5.91 Å². The highest BCUT2D eigenvalue weighted by Gasteiger charge is 2.40. The summed E-state index contributed by atoms with van der Waals surface area (Å²) in [5, 5.41) is 12.4. The van der Waals surface area contributed by atoms with Crippen LogP contribution in [-0.2, 0) is 14.3 Å². The molecule has 2 aromatic rings. The molecule has 2 aliphatic rings. The molecule has 35 heavy (non-hydrogen) atoms. The number of fused-ring (bicyclic) bond motifs is 3.